The molecule has 1 aliphatic rings. The van der Waals surface area contributed by atoms with Crippen LogP contribution in [0.1, 0.15) is 36.0 Å². The molecule has 2 aromatic rings. The van der Waals surface area contributed by atoms with Gasteiger partial charge in [0.15, 0.2) is 11.5 Å². The van der Waals surface area contributed by atoms with Gasteiger partial charge in [-0.3, -0.25) is 9.59 Å². The molecule has 3 rings (SSSR count). The Morgan fingerprint density at radius 3 is 2.54 bits per heavy atom. The summed E-state index contributed by atoms with van der Waals surface area (Å²) in [5, 5.41) is 10.5. The molecular formula is C21H23NO6. The van der Waals surface area contributed by atoms with Crippen LogP contribution in [-0.2, 0) is 9.53 Å². The predicted molar refractivity (Wildman–Crippen MR) is 101 cm³/mol. The minimum absolute atomic E-state index is 0.00594. The van der Waals surface area contributed by atoms with Gasteiger partial charge in [0.2, 0.25) is 5.78 Å². The lowest BCUT2D eigenvalue weighted by Gasteiger charge is -2.26. The van der Waals surface area contributed by atoms with Gasteiger partial charge in [0.05, 0.1) is 30.6 Å². The van der Waals surface area contributed by atoms with Crippen molar-refractivity contribution in [1.82, 2.24) is 4.90 Å². The van der Waals surface area contributed by atoms with Gasteiger partial charge >= 0.3 is 0 Å². The van der Waals surface area contributed by atoms with Gasteiger partial charge in [0, 0.05) is 13.7 Å². The Morgan fingerprint density at radius 2 is 1.96 bits per heavy atom. The second-order valence-electron chi connectivity index (χ2n) is 6.70. The largest absolute Gasteiger partial charge is 0.503 e. The summed E-state index contributed by atoms with van der Waals surface area (Å²) in [6.45, 7) is 4.35. The fraction of sp³-hybridized carbons (Fsp3) is 0.333. The average molecular weight is 385 g/mol. The summed E-state index contributed by atoms with van der Waals surface area (Å²) in [5.41, 5.74) is 0.674. The van der Waals surface area contributed by atoms with Gasteiger partial charge in [-0.25, -0.2) is 0 Å². The third-order valence-electron chi connectivity index (χ3n) is 4.40. The lowest BCUT2D eigenvalue weighted by Crippen LogP contribution is -2.34. The van der Waals surface area contributed by atoms with Gasteiger partial charge in [-0.2, -0.15) is 0 Å². The first kappa shape index (κ1) is 19.7. The van der Waals surface area contributed by atoms with Crippen molar-refractivity contribution in [3.05, 3.63) is 65.3 Å². The number of aliphatic hydroxyl groups is 1. The molecule has 1 N–H and O–H groups in total. The SMILES string of the molecule is COCCN1C(=O)C(O)=C(C(=O)c2ccco2)C1c1ccc(OC(C)C)cc1. The van der Waals surface area contributed by atoms with Crippen LogP contribution in [0.25, 0.3) is 0 Å². The first-order chi connectivity index (χ1) is 13.4. The summed E-state index contributed by atoms with van der Waals surface area (Å²) in [5.74, 6) is -0.959. The van der Waals surface area contributed by atoms with Crippen molar-refractivity contribution in [3.8, 4) is 5.75 Å². The van der Waals surface area contributed by atoms with Crippen LogP contribution in [0, 0.1) is 0 Å². The quantitative estimate of drug-likeness (QED) is 0.702. The molecule has 0 radical (unpaired) electrons. The Bertz CT molecular complexity index is 867. The van der Waals surface area contributed by atoms with E-state index in [1.54, 1.807) is 30.3 Å². The highest BCUT2D eigenvalue weighted by Gasteiger charge is 2.44. The van der Waals surface area contributed by atoms with E-state index in [1.807, 2.05) is 13.8 Å². The van der Waals surface area contributed by atoms with E-state index in [4.69, 9.17) is 13.9 Å². The summed E-state index contributed by atoms with van der Waals surface area (Å²) in [4.78, 5) is 27.0. The highest BCUT2D eigenvalue weighted by atomic mass is 16.5. The topological polar surface area (TPSA) is 89.2 Å². The van der Waals surface area contributed by atoms with E-state index in [2.05, 4.69) is 0 Å². The van der Waals surface area contributed by atoms with E-state index in [0.29, 0.717) is 11.3 Å². The number of carbonyl (C=O) groups is 2. The van der Waals surface area contributed by atoms with Crippen LogP contribution in [-0.4, -0.2) is 48.1 Å². The Hall–Kier alpha value is -3.06. The fourth-order valence-electron chi connectivity index (χ4n) is 3.19. The Labute approximate surface area is 163 Å². The molecule has 1 aromatic carbocycles. The smallest absolute Gasteiger partial charge is 0.290 e. The van der Waals surface area contributed by atoms with Crippen molar-refractivity contribution in [2.24, 2.45) is 0 Å². The number of rotatable bonds is 8. The van der Waals surface area contributed by atoms with E-state index in [0.717, 1.165) is 0 Å². The first-order valence-electron chi connectivity index (χ1n) is 9.02. The Balaban J connectivity index is 2.00. The van der Waals surface area contributed by atoms with E-state index in [9.17, 15) is 14.7 Å². The zero-order valence-corrected chi connectivity index (χ0v) is 16.0. The van der Waals surface area contributed by atoms with Gasteiger partial charge in [0.1, 0.15) is 5.75 Å². The van der Waals surface area contributed by atoms with Crippen LogP contribution in [0.4, 0.5) is 0 Å². The van der Waals surface area contributed by atoms with Crippen LogP contribution in [0.5, 0.6) is 5.75 Å². The summed E-state index contributed by atoms with van der Waals surface area (Å²) < 4.78 is 15.9. The Kier molecular flexibility index (Phi) is 5.84. The van der Waals surface area contributed by atoms with Gasteiger partial charge in [-0.15, -0.1) is 0 Å². The van der Waals surface area contributed by atoms with Crippen LogP contribution < -0.4 is 4.74 Å². The third-order valence-corrected chi connectivity index (χ3v) is 4.40. The molecule has 7 nitrogen and oxygen atoms in total. The number of benzene rings is 1. The number of aliphatic hydroxyl groups excluding tert-OH is 1. The van der Waals surface area contributed by atoms with Crippen molar-refractivity contribution >= 4 is 11.7 Å². The number of carbonyl (C=O) groups excluding carboxylic acids is 2. The van der Waals surface area contributed by atoms with Crippen molar-refractivity contribution in [3.63, 3.8) is 0 Å². The van der Waals surface area contributed by atoms with Gasteiger partial charge < -0.3 is 23.9 Å². The van der Waals surface area contributed by atoms with Gasteiger partial charge in [-0.1, -0.05) is 12.1 Å². The summed E-state index contributed by atoms with van der Waals surface area (Å²) in [6.07, 6.45) is 1.40. The monoisotopic (exact) mass is 385 g/mol. The molecule has 1 aliphatic heterocycles. The van der Waals surface area contributed by atoms with Crippen LogP contribution in [0.2, 0.25) is 0 Å². The highest BCUT2D eigenvalue weighted by molar-refractivity contribution is 6.15. The minimum Gasteiger partial charge on any atom is -0.503 e. The normalized spacial score (nSPS) is 16.9. The van der Waals surface area contributed by atoms with Crippen LogP contribution >= 0.6 is 0 Å². The molecule has 0 aliphatic carbocycles. The van der Waals surface area contributed by atoms with E-state index >= 15 is 0 Å². The zero-order valence-electron chi connectivity index (χ0n) is 16.0. The summed E-state index contributed by atoms with van der Waals surface area (Å²) >= 11 is 0. The molecule has 0 fully saturated rings. The van der Waals surface area contributed by atoms with Crippen LogP contribution in [0.3, 0.4) is 0 Å². The first-order valence-corrected chi connectivity index (χ1v) is 9.02. The van der Waals surface area contributed by atoms with Crippen molar-refractivity contribution < 1.29 is 28.6 Å². The highest BCUT2D eigenvalue weighted by Crippen LogP contribution is 2.39. The number of ether oxygens (including phenoxy) is 2. The third kappa shape index (κ3) is 3.80. The number of amides is 1. The van der Waals surface area contributed by atoms with Crippen molar-refractivity contribution in [2.75, 3.05) is 20.3 Å². The second-order valence-corrected chi connectivity index (χ2v) is 6.70. The zero-order chi connectivity index (χ0) is 20.3. The summed E-state index contributed by atoms with van der Waals surface area (Å²) in [7, 11) is 1.52. The molecule has 7 heteroatoms. The molecule has 148 valence electrons. The molecule has 1 aromatic heterocycles. The van der Waals surface area contributed by atoms with E-state index in [-0.39, 0.29) is 30.6 Å². The molecule has 0 spiro atoms. The van der Waals surface area contributed by atoms with Crippen LogP contribution in [0.15, 0.2) is 58.4 Å². The molecule has 0 saturated heterocycles. The molecule has 1 unspecified atom stereocenters. The number of Topliss-reactive ketones (excluding diaryl/α,β-unsaturated/α-hetero) is 1. The van der Waals surface area contributed by atoms with E-state index in [1.165, 1.54) is 24.3 Å². The predicted octanol–water partition coefficient (Wildman–Crippen LogP) is 3.29. The van der Waals surface area contributed by atoms with E-state index < -0.39 is 23.5 Å². The molecule has 1 atom stereocenters. The summed E-state index contributed by atoms with van der Waals surface area (Å²) in [6, 6.07) is 9.46. The lowest BCUT2D eigenvalue weighted by atomic mass is 9.95. The fourth-order valence-corrected chi connectivity index (χ4v) is 3.19. The second kappa shape index (κ2) is 8.31. The Morgan fingerprint density at radius 1 is 1.25 bits per heavy atom. The number of methoxy groups -OCH3 is 1. The maximum atomic E-state index is 12.9. The van der Waals surface area contributed by atoms with Gasteiger partial charge in [0.25, 0.3) is 5.91 Å². The molecule has 2 heterocycles. The standard InChI is InChI=1S/C21H23NO6/c1-13(2)28-15-8-6-14(7-9-15)18-17(19(23)16-5-4-11-27-16)20(24)21(25)22(18)10-12-26-3/h4-9,11,13,18,24H,10,12H2,1-3H3. The van der Waals surface area contributed by atoms with Crippen molar-refractivity contribution in [1.29, 1.82) is 0 Å². The average Bonchev–Trinajstić information content (AvgIpc) is 3.28. The van der Waals surface area contributed by atoms with Gasteiger partial charge in [-0.05, 0) is 43.7 Å². The lowest BCUT2D eigenvalue weighted by molar-refractivity contribution is -0.130. The number of ketones is 1. The maximum absolute atomic E-state index is 12.9. The number of furan rings is 1. The number of nitrogens with zero attached hydrogens (tertiary/aromatic N) is 1. The molecule has 0 bridgehead atoms. The van der Waals surface area contributed by atoms with Crippen molar-refractivity contribution in [2.45, 2.75) is 26.0 Å². The molecule has 28 heavy (non-hydrogen) atoms. The number of hydrogen-bond donors (Lipinski definition) is 1. The minimum atomic E-state index is -0.742. The maximum Gasteiger partial charge on any atom is 0.290 e. The molecular weight excluding hydrogens is 362 g/mol. The number of hydrogen-bond acceptors (Lipinski definition) is 6. The molecule has 0 saturated carbocycles. The molecule has 1 amide bonds.